The second-order valence-corrected chi connectivity index (χ2v) is 9.52. The maximum Gasteiger partial charge on any atom is 0.222 e. The minimum absolute atomic E-state index is 0.0369. The average molecular weight is 465 g/mol. The fourth-order valence-electron chi connectivity index (χ4n) is 4.30. The lowest BCUT2D eigenvalue weighted by atomic mass is 10.0. The van der Waals surface area contributed by atoms with Gasteiger partial charge in [0.2, 0.25) is 5.91 Å². The molecule has 0 saturated heterocycles. The number of ketones is 1. The van der Waals surface area contributed by atoms with E-state index in [0.717, 1.165) is 11.3 Å². The van der Waals surface area contributed by atoms with E-state index in [4.69, 9.17) is 0 Å². The number of H-pyrrole nitrogens is 1. The number of Topliss-reactive ketones (excluding diaryl/α,β-unsaturated/α-hetero) is 1. The van der Waals surface area contributed by atoms with E-state index in [0.29, 0.717) is 47.8 Å². The number of pyridine rings is 1. The van der Waals surface area contributed by atoms with Crippen molar-refractivity contribution in [3.8, 4) is 11.3 Å². The zero-order valence-electron chi connectivity index (χ0n) is 17.9. The molecule has 2 aromatic heterocycles. The highest BCUT2D eigenvalue weighted by Crippen LogP contribution is 2.47. The van der Waals surface area contributed by atoms with E-state index >= 15 is 0 Å². The summed E-state index contributed by atoms with van der Waals surface area (Å²) in [4.78, 5) is 33.1. The van der Waals surface area contributed by atoms with Crippen molar-refractivity contribution in [1.82, 2.24) is 14.9 Å². The fraction of sp³-hybridized carbons (Fsp3) is 0.261. The number of fused-ring (bicyclic) bond motifs is 1. The molecule has 3 aromatic rings. The van der Waals surface area contributed by atoms with Gasteiger partial charge in [-0.25, -0.2) is 4.98 Å². The number of nitrogens with zero attached hydrogens (tertiary/aromatic N) is 2. The molecule has 1 aliphatic carbocycles. The molecule has 0 spiro atoms. The van der Waals surface area contributed by atoms with Gasteiger partial charge >= 0.3 is 0 Å². The van der Waals surface area contributed by atoms with Crippen molar-refractivity contribution in [1.29, 1.82) is 0 Å². The van der Waals surface area contributed by atoms with Crippen molar-refractivity contribution in [2.24, 2.45) is 0 Å². The predicted molar refractivity (Wildman–Crippen MR) is 124 cm³/mol. The number of rotatable bonds is 6. The molecule has 1 atom stereocenters. The highest BCUT2D eigenvalue weighted by atomic mass is 32.2. The number of carbonyl (C=O) groups excluding carboxylic acids is 2. The third kappa shape index (κ3) is 3.97. The van der Waals surface area contributed by atoms with Crippen LogP contribution in [0.25, 0.3) is 11.3 Å². The Labute approximate surface area is 192 Å². The summed E-state index contributed by atoms with van der Waals surface area (Å²) in [6.07, 6.45) is 2.64. The topological polar surface area (TPSA) is 130 Å². The van der Waals surface area contributed by atoms with Crippen molar-refractivity contribution in [2.45, 2.75) is 31.2 Å². The number of para-hydroxylation sites is 1. The number of anilines is 3. The summed E-state index contributed by atoms with van der Waals surface area (Å²) in [6, 6.07) is 13.0. The lowest BCUT2D eigenvalue weighted by Crippen LogP contribution is -2.46. The summed E-state index contributed by atoms with van der Waals surface area (Å²) < 4.78 is 23.7. The van der Waals surface area contributed by atoms with Crippen molar-refractivity contribution in [2.75, 3.05) is 17.2 Å². The van der Waals surface area contributed by atoms with Gasteiger partial charge < -0.3 is 20.2 Å². The Morgan fingerprint density at radius 2 is 1.97 bits per heavy atom. The van der Waals surface area contributed by atoms with Crippen LogP contribution in [0.4, 0.5) is 17.2 Å². The first-order chi connectivity index (χ1) is 15.9. The summed E-state index contributed by atoms with van der Waals surface area (Å²) in [7, 11) is 0. The standard InChI is InChI=1S/C23H23N5O4S/c1-14(29)25-19-11-15(7-10-24-19)21-22(26-16-5-3-2-4-6-16)20-17(27-21)12-28(13-18(20)30)23(8-9-23)33(31)32/h2-7,10-11,26-27H,8-9,12-13H2,1H3,(H,31,32)(H,24,25,29)/p-1. The smallest absolute Gasteiger partial charge is 0.222 e. The summed E-state index contributed by atoms with van der Waals surface area (Å²) in [5.74, 6) is 0.00847. The van der Waals surface area contributed by atoms with Gasteiger partial charge in [-0.15, -0.1) is 0 Å². The van der Waals surface area contributed by atoms with Gasteiger partial charge in [0.05, 0.1) is 28.4 Å². The Balaban J connectivity index is 1.60. The Morgan fingerprint density at radius 3 is 2.64 bits per heavy atom. The molecule has 1 amide bonds. The van der Waals surface area contributed by atoms with Gasteiger partial charge in [0.1, 0.15) is 5.82 Å². The highest BCUT2D eigenvalue weighted by molar-refractivity contribution is 7.80. The molecule has 1 aliphatic heterocycles. The molecule has 9 nitrogen and oxygen atoms in total. The number of benzene rings is 1. The molecule has 0 bridgehead atoms. The van der Waals surface area contributed by atoms with E-state index in [1.54, 1.807) is 23.2 Å². The molecule has 33 heavy (non-hydrogen) atoms. The number of amides is 1. The number of aromatic amines is 1. The van der Waals surface area contributed by atoms with Gasteiger partial charge in [0, 0.05) is 36.6 Å². The zero-order chi connectivity index (χ0) is 23.2. The minimum Gasteiger partial charge on any atom is -0.771 e. The molecule has 1 unspecified atom stereocenters. The quantitative estimate of drug-likeness (QED) is 0.478. The van der Waals surface area contributed by atoms with Crippen LogP contribution in [0.2, 0.25) is 0 Å². The van der Waals surface area contributed by atoms with Crippen molar-refractivity contribution in [3.05, 3.63) is 59.9 Å². The Bertz CT molecular complexity index is 1270. The molecule has 0 radical (unpaired) electrons. The van der Waals surface area contributed by atoms with Gasteiger partial charge in [-0.1, -0.05) is 18.2 Å². The monoisotopic (exact) mass is 464 g/mol. The van der Waals surface area contributed by atoms with Crippen molar-refractivity contribution in [3.63, 3.8) is 0 Å². The van der Waals surface area contributed by atoms with Crippen LogP contribution >= 0.6 is 0 Å². The first kappa shape index (κ1) is 21.5. The molecule has 5 rings (SSSR count). The highest BCUT2D eigenvalue weighted by Gasteiger charge is 2.52. The molecule has 10 heteroatoms. The van der Waals surface area contributed by atoms with E-state index in [-0.39, 0.29) is 18.2 Å². The lowest BCUT2D eigenvalue weighted by molar-refractivity contribution is -0.114. The van der Waals surface area contributed by atoms with Crippen LogP contribution in [-0.2, 0) is 22.4 Å². The Hall–Kier alpha value is -3.34. The molecule has 3 heterocycles. The largest absolute Gasteiger partial charge is 0.771 e. The van der Waals surface area contributed by atoms with Gasteiger partial charge in [-0.2, -0.15) is 0 Å². The molecule has 170 valence electrons. The molecular formula is C23H22N5O4S-. The van der Waals surface area contributed by atoms with Crippen LogP contribution in [0.3, 0.4) is 0 Å². The zero-order valence-corrected chi connectivity index (χ0v) is 18.7. The maximum atomic E-state index is 13.3. The molecule has 1 aromatic carbocycles. The number of hydrogen-bond acceptors (Lipinski definition) is 7. The van der Waals surface area contributed by atoms with E-state index in [2.05, 4.69) is 20.6 Å². The Kier molecular flexibility index (Phi) is 5.35. The Morgan fingerprint density at radius 1 is 1.21 bits per heavy atom. The van der Waals surface area contributed by atoms with Gasteiger partial charge in [0.15, 0.2) is 5.78 Å². The third-order valence-electron chi connectivity index (χ3n) is 6.00. The van der Waals surface area contributed by atoms with Crippen molar-refractivity contribution < 1.29 is 18.4 Å². The first-order valence-corrected chi connectivity index (χ1v) is 11.6. The van der Waals surface area contributed by atoms with E-state index in [1.165, 1.54) is 6.92 Å². The summed E-state index contributed by atoms with van der Waals surface area (Å²) >= 11 is -2.28. The number of nitrogens with one attached hydrogen (secondary N) is 3. The van der Waals surface area contributed by atoms with Crippen LogP contribution in [0.15, 0.2) is 48.7 Å². The second-order valence-electron chi connectivity index (χ2n) is 8.29. The van der Waals surface area contributed by atoms with Crippen molar-refractivity contribution >= 4 is 40.0 Å². The predicted octanol–water partition coefficient (Wildman–Crippen LogP) is 3.15. The van der Waals surface area contributed by atoms with Crippen LogP contribution in [0, 0.1) is 0 Å². The normalized spacial score (nSPS) is 17.8. The molecule has 1 fully saturated rings. The summed E-state index contributed by atoms with van der Waals surface area (Å²) in [5.41, 5.74) is 4.01. The minimum atomic E-state index is -2.28. The summed E-state index contributed by atoms with van der Waals surface area (Å²) in [5, 5.41) is 6.04. The number of hydrogen-bond donors (Lipinski definition) is 3. The SMILES string of the molecule is CC(=O)Nc1cc(-c2[nH]c3c(c2Nc2ccccc2)C(=O)CN(C2(S(=O)[O-])CC2)C3)ccn1. The molecular weight excluding hydrogens is 442 g/mol. The lowest BCUT2D eigenvalue weighted by Gasteiger charge is -2.35. The van der Waals surface area contributed by atoms with Crippen LogP contribution in [0.5, 0.6) is 0 Å². The molecule has 3 N–H and O–H groups in total. The van der Waals surface area contributed by atoms with Crippen LogP contribution in [-0.4, -0.2) is 46.7 Å². The maximum absolute atomic E-state index is 13.3. The molecule has 1 saturated carbocycles. The van der Waals surface area contributed by atoms with E-state index in [9.17, 15) is 18.4 Å². The third-order valence-corrected chi connectivity index (χ3v) is 7.29. The van der Waals surface area contributed by atoms with Gasteiger partial charge in [-0.3, -0.25) is 18.7 Å². The van der Waals surface area contributed by atoms with Crippen LogP contribution < -0.4 is 10.6 Å². The van der Waals surface area contributed by atoms with Crippen LogP contribution in [0.1, 0.15) is 35.8 Å². The van der Waals surface area contributed by atoms with Gasteiger partial charge in [0.25, 0.3) is 0 Å². The fourth-order valence-corrected chi connectivity index (χ4v) is 5.08. The van der Waals surface area contributed by atoms with E-state index < -0.39 is 16.0 Å². The average Bonchev–Trinajstić information content (AvgIpc) is 3.52. The molecule has 2 aliphatic rings. The summed E-state index contributed by atoms with van der Waals surface area (Å²) in [6.45, 7) is 1.77. The van der Waals surface area contributed by atoms with E-state index in [1.807, 2.05) is 30.3 Å². The number of aromatic nitrogens is 2. The second kappa shape index (κ2) is 8.22. The number of carbonyl (C=O) groups is 2. The van der Waals surface area contributed by atoms with Gasteiger partial charge in [-0.05, 0) is 48.2 Å². The first-order valence-electron chi connectivity index (χ1n) is 10.6.